The van der Waals surface area contributed by atoms with Crippen LogP contribution in [-0.2, 0) is 19.7 Å². The monoisotopic (exact) mass is 447 g/mol. The van der Waals surface area contributed by atoms with Crippen molar-refractivity contribution >= 4 is 33.4 Å². The van der Waals surface area contributed by atoms with E-state index < -0.39 is 16.1 Å². The molecule has 0 aromatic heterocycles. The zero-order chi connectivity index (χ0) is 22.6. The zero-order valence-corrected chi connectivity index (χ0v) is 17.8. The molecule has 1 aliphatic heterocycles. The van der Waals surface area contributed by atoms with E-state index in [1.165, 1.54) is 6.07 Å². The maximum absolute atomic E-state index is 12.5. The van der Waals surface area contributed by atoms with E-state index in [0.29, 0.717) is 28.9 Å². The predicted octanol–water partition coefficient (Wildman–Crippen LogP) is 3.80. The van der Waals surface area contributed by atoms with Crippen LogP contribution in [0.5, 0.6) is 0 Å². The molecule has 3 N–H and O–H groups in total. The minimum atomic E-state index is -3.85. The normalized spacial score (nSPS) is 15.9. The Morgan fingerprint density at radius 3 is 2.38 bits per heavy atom. The summed E-state index contributed by atoms with van der Waals surface area (Å²) in [5.41, 5.74) is 3.44. The van der Waals surface area contributed by atoms with E-state index in [9.17, 15) is 13.2 Å². The Kier molecular flexibility index (Phi) is 6.16. The quantitative estimate of drug-likeness (QED) is 0.599. The molecule has 0 fully saturated rings. The van der Waals surface area contributed by atoms with Crippen molar-refractivity contribution in [1.82, 2.24) is 0 Å². The van der Waals surface area contributed by atoms with Crippen LogP contribution >= 0.6 is 0 Å². The summed E-state index contributed by atoms with van der Waals surface area (Å²) in [5, 5.41) is 12.1. The molecule has 0 spiro atoms. The lowest BCUT2D eigenvalue weighted by Crippen LogP contribution is -2.27. The van der Waals surface area contributed by atoms with Crippen LogP contribution in [0.25, 0.3) is 17.2 Å². The third-order valence-electron chi connectivity index (χ3n) is 4.91. The predicted molar refractivity (Wildman–Crippen MR) is 124 cm³/mol. The van der Waals surface area contributed by atoms with Crippen LogP contribution in [0.2, 0.25) is 0 Å². The average Bonchev–Trinajstić information content (AvgIpc) is 3.28. The molecule has 0 aliphatic carbocycles. The topological polar surface area (TPSA) is 111 Å². The first-order valence-corrected chi connectivity index (χ1v) is 11.4. The van der Waals surface area contributed by atoms with Gasteiger partial charge in [0, 0.05) is 17.7 Å². The van der Waals surface area contributed by atoms with E-state index in [2.05, 4.69) is 10.5 Å². The van der Waals surface area contributed by atoms with Crippen LogP contribution in [0.15, 0.2) is 95.0 Å². The number of sulfonamides is 1. The molecular weight excluding hydrogens is 426 g/mol. The Balaban J connectivity index is 1.39. The summed E-state index contributed by atoms with van der Waals surface area (Å²) in [6.07, 6.45) is 3.41. The van der Waals surface area contributed by atoms with Crippen LogP contribution in [0.1, 0.15) is 12.0 Å². The van der Waals surface area contributed by atoms with Gasteiger partial charge in [0.15, 0.2) is 0 Å². The molecule has 1 aliphatic rings. The van der Waals surface area contributed by atoms with E-state index in [-0.39, 0.29) is 10.8 Å². The molecular formula is C24H21N3O4S. The van der Waals surface area contributed by atoms with Gasteiger partial charge in [0.05, 0.1) is 10.6 Å². The molecule has 0 bridgehead atoms. The minimum absolute atomic E-state index is 0.0457. The highest BCUT2D eigenvalue weighted by atomic mass is 32.2. The fourth-order valence-corrected chi connectivity index (χ4v) is 4.06. The fourth-order valence-electron chi connectivity index (χ4n) is 3.30. The van der Waals surface area contributed by atoms with Gasteiger partial charge in [-0.3, -0.25) is 4.79 Å². The average molecular weight is 448 g/mol. The molecule has 0 radical (unpaired) electrons. The second-order valence-electron chi connectivity index (χ2n) is 7.23. The number of nitrogens with zero attached hydrogens (tertiary/aromatic N) is 1. The van der Waals surface area contributed by atoms with Crippen molar-refractivity contribution in [1.29, 1.82) is 0 Å². The molecule has 3 aromatic carbocycles. The largest absolute Gasteiger partial charge is 0.382 e. The Labute approximate surface area is 186 Å². The molecule has 4 rings (SSSR count). The Morgan fingerprint density at radius 1 is 0.969 bits per heavy atom. The number of carbonyl (C=O) groups excluding carboxylic acids is 1. The van der Waals surface area contributed by atoms with Crippen LogP contribution < -0.4 is 10.5 Å². The van der Waals surface area contributed by atoms with Crippen molar-refractivity contribution in [3.63, 3.8) is 0 Å². The lowest BCUT2D eigenvalue weighted by Gasteiger charge is -2.11. The summed E-state index contributed by atoms with van der Waals surface area (Å²) >= 11 is 0. The maximum atomic E-state index is 12.5. The molecule has 1 heterocycles. The van der Waals surface area contributed by atoms with Gasteiger partial charge in [-0.25, -0.2) is 13.6 Å². The van der Waals surface area contributed by atoms with E-state index >= 15 is 0 Å². The Hall–Kier alpha value is -3.75. The first-order chi connectivity index (χ1) is 15.4. The number of anilines is 1. The number of amides is 1. The number of hydrogen-bond donors (Lipinski definition) is 2. The second kappa shape index (κ2) is 9.17. The smallest absolute Gasteiger partial charge is 0.268 e. The van der Waals surface area contributed by atoms with Gasteiger partial charge in [-0.1, -0.05) is 71.9 Å². The molecule has 8 heteroatoms. The first-order valence-electron chi connectivity index (χ1n) is 9.89. The van der Waals surface area contributed by atoms with Crippen LogP contribution in [0.4, 0.5) is 5.69 Å². The number of rotatable bonds is 6. The molecule has 7 nitrogen and oxygen atoms in total. The van der Waals surface area contributed by atoms with E-state index in [0.717, 1.165) is 5.56 Å². The van der Waals surface area contributed by atoms with Crippen molar-refractivity contribution in [2.45, 2.75) is 17.4 Å². The maximum Gasteiger partial charge on any atom is 0.268 e. The summed E-state index contributed by atoms with van der Waals surface area (Å²) < 4.78 is 23.7. The van der Waals surface area contributed by atoms with Crippen molar-refractivity contribution in [3.8, 4) is 11.1 Å². The molecule has 32 heavy (non-hydrogen) atoms. The van der Waals surface area contributed by atoms with E-state index in [4.69, 9.17) is 9.98 Å². The number of benzene rings is 3. The van der Waals surface area contributed by atoms with Crippen LogP contribution in [0.3, 0.4) is 0 Å². The summed E-state index contributed by atoms with van der Waals surface area (Å²) in [6.45, 7) is 0. The zero-order valence-electron chi connectivity index (χ0n) is 17.0. The third kappa shape index (κ3) is 5.11. The van der Waals surface area contributed by atoms with Crippen molar-refractivity contribution in [2.75, 3.05) is 5.32 Å². The number of nitrogens with two attached hydrogens (primary N) is 1. The second-order valence-corrected chi connectivity index (χ2v) is 8.76. The highest BCUT2D eigenvalue weighted by Crippen LogP contribution is 2.27. The van der Waals surface area contributed by atoms with E-state index in [1.807, 2.05) is 42.5 Å². The van der Waals surface area contributed by atoms with Gasteiger partial charge < -0.3 is 10.2 Å². The lowest BCUT2D eigenvalue weighted by atomic mass is 10.1. The molecule has 0 saturated heterocycles. The van der Waals surface area contributed by atoms with Gasteiger partial charge in [0.25, 0.3) is 5.91 Å². The molecule has 0 saturated carbocycles. The minimum Gasteiger partial charge on any atom is -0.382 e. The molecule has 1 unspecified atom stereocenters. The van der Waals surface area contributed by atoms with Gasteiger partial charge in [0.1, 0.15) is 0 Å². The number of hydrogen-bond acceptors (Lipinski definition) is 5. The Bertz CT molecular complexity index is 1280. The third-order valence-corrected chi connectivity index (χ3v) is 5.88. The van der Waals surface area contributed by atoms with Crippen molar-refractivity contribution < 1.29 is 18.0 Å². The number of oxime groups is 1. The Morgan fingerprint density at radius 2 is 1.66 bits per heavy atom. The molecule has 162 valence electrons. The van der Waals surface area contributed by atoms with Gasteiger partial charge in [0.2, 0.25) is 16.1 Å². The van der Waals surface area contributed by atoms with Crippen molar-refractivity contribution in [2.24, 2.45) is 10.3 Å². The number of allylic oxidation sites excluding steroid dienone is 1. The molecule has 1 amide bonds. The first kappa shape index (κ1) is 21.5. The molecule has 1 atom stereocenters. The van der Waals surface area contributed by atoms with Crippen molar-refractivity contribution in [3.05, 3.63) is 90.5 Å². The van der Waals surface area contributed by atoms with Gasteiger partial charge >= 0.3 is 0 Å². The van der Waals surface area contributed by atoms with Gasteiger partial charge in [-0.15, -0.1) is 0 Å². The van der Waals surface area contributed by atoms with Crippen LogP contribution in [0, 0.1) is 0 Å². The highest BCUT2D eigenvalue weighted by Gasteiger charge is 2.27. The summed E-state index contributed by atoms with van der Waals surface area (Å²) in [6, 6.07) is 23.1. The fraction of sp³-hybridized carbons (Fsp3) is 0.0833. The number of carbonyl (C=O) groups is 1. The SMILES string of the molecule is NS(=O)(=O)c1ccccc1-c1ccc(NC(=O)C2CC(/C=C/c3ccccc3)=NO2)cc1. The summed E-state index contributed by atoms with van der Waals surface area (Å²) in [5.74, 6) is -0.311. The summed E-state index contributed by atoms with van der Waals surface area (Å²) in [4.78, 5) is 17.9. The summed E-state index contributed by atoms with van der Waals surface area (Å²) in [7, 11) is -3.85. The standard InChI is InChI=1S/C24H21N3O4S/c25-32(29,30)23-9-5-4-8-21(23)18-11-14-19(15-12-18)26-24(28)22-16-20(27-31-22)13-10-17-6-2-1-3-7-17/h1-15,22H,16H2,(H,26,28)(H2,25,29,30)/b13-10+. The number of nitrogens with one attached hydrogen (secondary N) is 1. The van der Waals surface area contributed by atoms with Crippen LogP contribution in [-0.4, -0.2) is 26.1 Å². The van der Waals surface area contributed by atoms with E-state index in [1.54, 1.807) is 42.5 Å². The molecule has 3 aromatic rings. The number of primary sulfonamides is 1. The van der Waals surface area contributed by atoms with Gasteiger partial charge in [-0.2, -0.15) is 0 Å². The van der Waals surface area contributed by atoms with Gasteiger partial charge in [-0.05, 0) is 35.4 Å². The highest BCUT2D eigenvalue weighted by molar-refractivity contribution is 7.89. The lowest BCUT2D eigenvalue weighted by molar-refractivity contribution is -0.125.